The summed E-state index contributed by atoms with van der Waals surface area (Å²) >= 11 is 0. The summed E-state index contributed by atoms with van der Waals surface area (Å²) in [5.41, 5.74) is -2.41. The molecule has 2 saturated carbocycles. The van der Waals surface area contributed by atoms with Gasteiger partial charge in [0.2, 0.25) is 11.6 Å². The van der Waals surface area contributed by atoms with E-state index in [0.29, 0.717) is 66.9 Å². The molecule has 2 aliphatic heterocycles. The number of phenols is 2. The van der Waals surface area contributed by atoms with Crippen LogP contribution in [-0.4, -0.2) is 196 Å². The van der Waals surface area contributed by atoms with Crippen molar-refractivity contribution in [3.8, 4) is 23.0 Å². The van der Waals surface area contributed by atoms with Crippen molar-refractivity contribution in [1.29, 1.82) is 0 Å². The average Bonchev–Trinajstić information content (AvgIpc) is 0.851. The summed E-state index contributed by atoms with van der Waals surface area (Å²) in [5.74, 6) is -23.5. The lowest BCUT2D eigenvalue weighted by Crippen LogP contribution is -2.66. The van der Waals surface area contributed by atoms with Gasteiger partial charge in [0.05, 0.1) is 34.6 Å². The second-order valence-electron chi connectivity index (χ2n) is 24.9. The van der Waals surface area contributed by atoms with E-state index in [1.807, 2.05) is 27.7 Å². The number of ether oxygens (including phenoxy) is 2. The van der Waals surface area contributed by atoms with Crippen molar-refractivity contribution in [2.24, 2.45) is 35.1 Å². The number of carbonyl (C=O) groups is 10. The molecule has 10 rings (SSSR count). The highest BCUT2D eigenvalue weighted by Crippen LogP contribution is 2.58. The number of aromatic hydroxyl groups is 2. The Bertz CT molecular complexity index is 3860. The van der Waals surface area contributed by atoms with E-state index in [0.717, 1.165) is 9.80 Å². The Labute approximate surface area is 548 Å². The van der Waals surface area contributed by atoms with Gasteiger partial charge in [0, 0.05) is 59.3 Å². The van der Waals surface area contributed by atoms with Crippen molar-refractivity contribution in [3.05, 3.63) is 68.2 Å². The quantitative estimate of drug-likeness (QED) is 0.0479. The fraction of sp³-hybridized carbons (Fsp3) is 0.524. The Morgan fingerprint density at radius 3 is 1.36 bits per heavy atom. The molecule has 13 N–H and O–H groups in total. The van der Waals surface area contributed by atoms with Gasteiger partial charge in [-0.15, -0.1) is 26.3 Å². The molecule has 2 aromatic carbocycles. The number of unbranched alkanes of at least 4 members (excludes halogenated alkanes) is 2. The number of rotatable bonds is 20. The number of ketones is 4. The Balaban J connectivity index is 0.000000228. The molecule has 8 amide bonds. The highest BCUT2D eigenvalue weighted by Gasteiger charge is 2.66. The number of imide groups is 2. The maximum Gasteiger partial charge on any atom is 0.573 e. The van der Waals surface area contributed by atoms with Crippen LogP contribution in [0, 0.1) is 23.7 Å². The van der Waals surface area contributed by atoms with Crippen LogP contribution >= 0.6 is 0 Å². The lowest BCUT2D eigenvalue weighted by atomic mass is 9.57. The van der Waals surface area contributed by atoms with E-state index < -0.39 is 246 Å². The number of hydrogen-bond acceptors (Lipinski definition) is 22. The molecule has 2 heterocycles. The normalized spacial score (nSPS) is 25.8. The number of primary amides is 2. The number of phenolic OH excluding ortho intramolecular Hbond substituents is 2. The molecule has 2 aromatic rings. The highest BCUT2D eigenvalue weighted by atomic mass is 19.4. The van der Waals surface area contributed by atoms with Crippen molar-refractivity contribution in [3.63, 3.8) is 0 Å². The number of nitrogens with two attached hydrogens (primary N) is 2. The first-order valence-electron chi connectivity index (χ1n) is 31.4. The van der Waals surface area contributed by atoms with E-state index in [-0.39, 0.29) is 45.6 Å². The zero-order valence-electron chi connectivity index (χ0n) is 53.0. The highest BCUT2D eigenvalue weighted by molar-refractivity contribution is 6.27. The summed E-state index contributed by atoms with van der Waals surface area (Å²) in [4.78, 5) is 137. The van der Waals surface area contributed by atoms with Crippen molar-refractivity contribution >= 4 is 81.7 Å². The molecule has 8 atom stereocenters. The van der Waals surface area contributed by atoms with Crippen LogP contribution in [0.3, 0.4) is 0 Å². The van der Waals surface area contributed by atoms with Crippen LogP contribution in [0.15, 0.2) is 45.9 Å². The molecular formula is C63H72F6N8O20. The summed E-state index contributed by atoms with van der Waals surface area (Å²) < 4.78 is 91.0. The number of benzene rings is 2. The topological polar surface area (TPSA) is 431 Å². The van der Waals surface area contributed by atoms with E-state index in [9.17, 15) is 115 Å². The molecule has 0 radical (unpaired) electrons. The zero-order chi connectivity index (χ0) is 71.8. The molecular weight excluding hydrogens is 1300 g/mol. The minimum Gasteiger partial charge on any atom is -0.508 e. The molecule has 97 heavy (non-hydrogen) atoms. The number of fused-ring (bicyclic) bond motifs is 6. The number of carbonyl (C=O) groups excluding carboxylic acids is 10. The number of nitrogens with one attached hydrogen (secondary N) is 1. The van der Waals surface area contributed by atoms with E-state index in [2.05, 4.69) is 14.8 Å². The first kappa shape index (κ1) is 72.0. The van der Waals surface area contributed by atoms with Gasteiger partial charge in [-0.2, -0.15) is 0 Å². The van der Waals surface area contributed by atoms with Gasteiger partial charge < -0.3 is 76.9 Å². The third kappa shape index (κ3) is 12.1. The van der Waals surface area contributed by atoms with Gasteiger partial charge in [-0.1, -0.05) is 47.5 Å². The van der Waals surface area contributed by atoms with Crippen molar-refractivity contribution in [2.75, 3.05) is 55.6 Å². The number of Topliss-reactive ketones (excluding diaryl/α,β-unsaturated/α-hetero) is 4. The standard InChI is InChI=1S/C33H39F3N4O10.C30H33F3N4O10/c1-4-7-10-39-14-20(41)40(31(39)48)18-13-19(50-33(34,35)36)16-11-15-12-17-24(38(8-5-2)9-6-3)27(44)23(30(37)47)29(46)32(17,49)28(45)21(15)26(43)22(16)25(18)42;1-3-5-7-36-11-17(38)37(28(36)45)15-10-16(47-30(31,32)33)13-8-12-9-14-21(35-6-4-2)24(41)20(27(34)44)26(43)29(14,46)25(42)18(12)23(40)19(13)22(15)39/h13,15,17,24,42-43,46,49H,4-12,14H2,1-3H3,(H2,37,47);10,12,14,21,35,39-40,43,46H,3-9,11H2,1-2H3,(H2,34,44)/t15-,17-,24-,32-;12-,14-,21-,29-/m00/s1. The number of aliphatic hydroxyl groups excluding tert-OH is 4. The van der Waals surface area contributed by atoms with Crippen LogP contribution in [0.2, 0.25) is 0 Å². The van der Waals surface area contributed by atoms with E-state index in [4.69, 9.17) is 11.5 Å². The lowest BCUT2D eigenvalue weighted by molar-refractivity contribution is -0.276. The molecule has 28 nitrogen and oxygen atoms in total. The van der Waals surface area contributed by atoms with Crippen LogP contribution in [0.25, 0.3) is 11.5 Å². The van der Waals surface area contributed by atoms with Gasteiger partial charge in [-0.05, 0) is 89.3 Å². The molecule has 8 aliphatic rings. The number of halogens is 6. The summed E-state index contributed by atoms with van der Waals surface area (Å²) in [5, 5.41) is 94.8. The molecule has 526 valence electrons. The number of alkyl halides is 6. The van der Waals surface area contributed by atoms with Crippen LogP contribution in [0.1, 0.15) is 115 Å². The number of urea groups is 2. The first-order valence-corrected chi connectivity index (χ1v) is 31.4. The number of nitrogens with zero attached hydrogens (tertiary/aromatic N) is 5. The average molecular weight is 1380 g/mol. The Morgan fingerprint density at radius 1 is 0.598 bits per heavy atom. The minimum atomic E-state index is -5.32. The number of aliphatic hydroxyl groups is 6. The smallest absolute Gasteiger partial charge is 0.508 e. The number of hydrogen-bond donors (Lipinski definition) is 11. The number of anilines is 2. The Morgan fingerprint density at radius 2 is 0.990 bits per heavy atom. The second kappa shape index (κ2) is 26.6. The molecule has 0 spiro atoms. The fourth-order valence-corrected chi connectivity index (χ4v) is 14.7. The third-order valence-electron chi connectivity index (χ3n) is 18.8. The maximum absolute atomic E-state index is 14.4. The summed E-state index contributed by atoms with van der Waals surface area (Å²) in [6.45, 7) is 9.14. The minimum absolute atomic E-state index is 0.140. The fourth-order valence-electron chi connectivity index (χ4n) is 14.7. The van der Waals surface area contributed by atoms with Crippen LogP contribution in [0.5, 0.6) is 23.0 Å². The molecule has 2 saturated heterocycles. The lowest BCUT2D eigenvalue weighted by Gasteiger charge is -2.51. The monoisotopic (exact) mass is 1370 g/mol. The third-order valence-corrected chi connectivity index (χ3v) is 18.8. The molecule has 4 fully saturated rings. The summed E-state index contributed by atoms with van der Waals surface area (Å²) in [7, 11) is 0. The van der Waals surface area contributed by atoms with Crippen molar-refractivity contribution in [1.82, 2.24) is 20.0 Å². The predicted octanol–water partition coefficient (Wildman–Crippen LogP) is 4.86. The van der Waals surface area contributed by atoms with E-state index in [1.54, 1.807) is 11.8 Å². The summed E-state index contributed by atoms with van der Waals surface area (Å²) in [6.07, 6.45) is -8.60. The van der Waals surface area contributed by atoms with E-state index in [1.165, 1.54) is 0 Å². The van der Waals surface area contributed by atoms with Crippen molar-refractivity contribution < 1.29 is 125 Å². The molecule has 34 heteroatoms. The van der Waals surface area contributed by atoms with Gasteiger partial charge in [0.25, 0.3) is 23.6 Å². The predicted molar refractivity (Wildman–Crippen MR) is 324 cm³/mol. The SMILES string of the molecule is CCCCN1CC(=O)N(c2cc(OC(F)(F)F)c3c(c2O)C(O)=C2C(=O)[C@]4(O)C(O)=C(C(N)=O)C(=O)[C@@H](N(CCC)CCC)[C@@H]4C[C@@H]2C3)C1=O.CCCCN1CC(=O)N(c2cc(OC(F)(F)F)c3c(c2O)C(O)=C2C(=O)[C@]4(O)C(O)=C(C(N)=O)C(=O)[C@@H](NCCC)[C@@H]4C[C@@H]2C3)C1=O. The molecule has 0 aromatic heterocycles. The van der Waals surface area contributed by atoms with Crippen molar-refractivity contribution in [2.45, 2.75) is 141 Å². The van der Waals surface area contributed by atoms with Gasteiger partial charge in [0.1, 0.15) is 58.8 Å². The maximum atomic E-state index is 14.4. The Hall–Kier alpha value is -9.28. The van der Waals surface area contributed by atoms with Gasteiger partial charge >= 0.3 is 24.8 Å². The van der Waals surface area contributed by atoms with E-state index >= 15 is 0 Å². The Kier molecular flexibility index (Phi) is 19.8. The first-order chi connectivity index (χ1) is 45.4. The zero-order valence-corrected chi connectivity index (χ0v) is 53.0. The van der Waals surface area contributed by atoms with Gasteiger partial charge in [-0.3, -0.25) is 43.3 Å². The molecule has 0 unspecified atom stereocenters. The molecule has 0 bridgehead atoms. The second-order valence-corrected chi connectivity index (χ2v) is 24.9. The van der Waals surface area contributed by atoms with Gasteiger partial charge in [0.15, 0.2) is 34.3 Å². The van der Waals surface area contributed by atoms with Crippen LogP contribution in [0.4, 0.5) is 47.3 Å². The largest absolute Gasteiger partial charge is 0.573 e. The van der Waals surface area contributed by atoms with Gasteiger partial charge in [-0.25, -0.2) is 19.4 Å². The summed E-state index contributed by atoms with van der Waals surface area (Å²) in [6, 6.07) is -3.39. The molecule has 6 aliphatic carbocycles. The van der Waals surface area contributed by atoms with Crippen LogP contribution in [-0.2, 0) is 51.2 Å². The van der Waals surface area contributed by atoms with Crippen LogP contribution < -0.4 is 36.1 Å². The number of amides is 8.